The third kappa shape index (κ3) is 3.24. The Morgan fingerprint density at radius 3 is 2.61 bits per heavy atom. The zero-order valence-electron chi connectivity index (χ0n) is 11.3. The van der Waals surface area contributed by atoms with E-state index in [0.717, 1.165) is 18.4 Å². The van der Waals surface area contributed by atoms with E-state index in [9.17, 15) is 14.7 Å². The fourth-order valence-electron chi connectivity index (χ4n) is 2.41. The van der Waals surface area contributed by atoms with Gasteiger partial charge < -0.3 is 15.3 Å². The van der Waals surface area contributed by atoms with Crippen LogP contribution in [0.1, 0.15) is 33.6 Å². The van der Waals surface area contributed by atoms with Crippen molar-refractivity contribution in [1.29, 1.82) is 0 Å². The normalized spacial score (nSPS) is 22.4. The number of aliphatic carboxylic acids is 1. The molecule has 5 heteroatoms. The van der Waals surface area contributed by atoms with Gasteiger partial charge in [0.1, 0.15) is 6.04 Å². The Labute approximate surface area is 108 Å². The topological polar surface area (TPSA) is 69.6 Å². The summed E-state index contributed by atoms with van der Waals surface area (Å²) in [4.78, 5) is 24.8. The molecule has 18 heavy (non-hydrogen) atoms. The second-order valence-electron chi connectivity index (χ2n) is 5.64. The van der Waals surface area contributed by atoms with Gasteiger partial charge in [0.25, 0.3) is 0 Å². The Bertz CT molecular complexity index is 363. The van der Waals surface area contributed by atoms with Gasteiger partial charge in [-0.25, -0.2) is 9.59 Å². The number of piperidine rings is 1. The lowest BCUT2D eigenvalue weighted by Gasteiger charge is -2.43. The van der Waals surface area contributed by atoms with Crippen LogP contribution >= 0.6 is 0 Å². The van der Waals surface area contributed by atoms with Crippen LogP contribution in [0.5, 0.6) is 0 Å². The highest BCUT2D eigenvalue weighted by atomic mass is 16.4. The molecular weight excluding hydrogens is 232 g/mol. The van der Waals surface area contributed by atoms with Crippen LogP contribution in [0.3, 0.4) is 0 Å². The molecule has 0 aromatic heterocycles. The monoisotopic (exact) mass is 254 g/mol. The first-order chi connectivity index (χ1) is 8.25. The number of carbonyl (C=O) groups is 2. The molecule has 0 saturated carbocycles. The van der Waals surface area contributed by atoms with Crippen LogP contribution in [0, 0.1) is 5.41 Å². The zero-order chi connectivity index (χ0) is 13.9. The Morgan fingerprint density at radius 1 is 1.50 bits per heavy atom. The van der Waals surface area contributed by atoms with Gasteiger partial charge in [-0.15, -0.1) is 0 Å². The maximum Gasteiger partial charge on any atom is 0.327 e. The van der Waals surface area contributed by atoms with Gasteiger partial charge in [-0.2, -0.15) is 0 Å². The quantitative estimate of drug-likeness (QED) is 0.755. The summed E-state index contributed by atoms with van der Waals surface area (Å²) in [5.41, 5.74) is 0.441. The summed E-state index contributed by atoms with van der Waals surface area (Å²) in [7, 11) is 0. The predicted molar refractivity (Wildman–Crippen MR) is 69.4 cm³/mol. The Morgan fingerprint density at radius 2 is 2.11 bits per heavy atom. The van der Waals surface area contributed by atoms with Crippen molar-refractivity contribution in [2.45, 2.75) is 39.7 Å². The summed E-state index contributed by atoms with van der Waals surface area (Å²) < 4.78 is 0. The predicted octanol–water partition coefficient (Wildman–Crippen LogP) is 1.85. The van der Waals surface area contributed by atoms with Gasteiger partial charge in [0.05, 0.1) is 0 Å². The molecule has 1 heterocycles. The van der Waals surface area contributed by atoms with Gasteiger partial charge >= 0.3 is 12.0 Å². The molecule has 1 aliphatic heterocycles. The SMILES string of the molecule is C=C(C)CNC(=O)N1CCCC(C)(C)C1C(=O)O. The van der Waals surface area contributed by atoms with Crippen molar-refractivity contribution in [3.05, 3.63) is 12.2 Å². The summed E-state index contributed by atoms with van der Waals surface area (Å²) in [6, 6.07) is -1.09. The standard InChI is InChI=1S/C13H22N2O3/c1-9(2)8-14-12(18)15-7-5-6-13(3,4)10(15)11(16)17/h10H,1,5-8H2,2-4H3,(H,14,18)(H,16,17). The van der Waals surface area contributed by atoms with E-state index >= 15 is 0 Å². The molecule has 0 spiro atoms. The fraction of sp³-hybridized carbons (Fsp3) is 0.692. The lowest BCUT2D eigenvalue weighted by Crippen LogP contribution is -2.58. The number of likely N-dealkylation sites (tertiary alicyclic amines) is 1. The van der Waals surface area contributed by atoms with Gasteiger partial charge in [-0.05, 0) is 25.2 Å². The van der Waals surface area contributed by atoms with E-state index in [-0.39, 0.29) is 6.03 Å². The Balaban J connectivity index is 2.81. The first kappa shape index (κ1) is 14.5. The van der Waals surface area contributed by atoms with E-state index in [1.165, 1.54) is 4.90 Å². The molecule has 5 nitrogen and oxygen atoms in total. The van der Waals surface area contributed by atoms with Gasteiger partial charge in [0.15, 0.2) is 0 Å². The Hall–Kier alpha value is -1.52. The van der Waals surface area contributed by atoms with Crippen LogP contribution < -0.4 is 5.32 Å². The molecule has 0 aliphatic carbocycles. The number of nitrogens with zero attached hydrogens (tertiary/aromatic N) is 1. The van der Waals surface area contributed by atoms with Crippen LogP contribution in [0.4, 0.5) is 4.79 Å². The fourth-order valence-corrected chi connectivity index (χ4v) is 2.41. The maximum atomic E-state index is 12.0. The smallest absolute Gasteiger partial charge is 0.327 e. The van der Waals surface area contributed by atoms with E-state index in [2.05, 4.69) is 11.9 Å². The summed E-state index contributed by atoms with van der Waals surface area (Å²) in [5, 5.41) is 12.0. The highest BCUT2D eigenvalue weighted by Crippen LogP contribution is 2.35. The van der Waals surface area contributed by atoms with Gasteiger partial charge in [-0.1, -0.05) is 26.0 Å². The minimum atomic E-state index is -0.940. The zero-order valence-corrected chi connectivity index (χ0v) is 11.3. The summed E-state index contributed by atoms with van der Waals surface area (Å²) in [5.74, 6) is -0.940. The molecule has 2 N–H and O–H groups in total. The first-order valence-electron chi connectivity index (χ1n) is 6.17. The molecule has 1 rings (SSSR count). The van der Waals surface area contributed by atoms with Crippen molar-refractivity contribution < 1.29 is 14.7 Å². The molecule has 0 bridgehead atoms. The van der Waals surface area contributed by atoms with E-state index in [1.807, 2.05) is 20.8 Å². The maximum absolute atomic E-state index is 12.0. The molecule has 1 saturated heterocycles. The van der Waals surface area contributed by atoms with E-state index in [1.54, 1.807) is 0 Å². The van der Waals surface area contributed by atoms with E-state index in [4.69, 9.17) is 0 Å². The van der Waals surface area contributed by atoms with Crippen LogP contribution in [-0.2, 0) is 4.79 Å². The molecule has 102 valence electrons. The number of hydrogen-bond acceptors (Lipinski definition) is 2. The number of carboxylic acid groups (broad SMARTS) is 1. The number of hydrogen-bond donors (Lipinski definition) is 2. The summed E-state index contributed by atoms with van der Waals surface area (Å²) in [6.45, 7) is 10.2. The van der Waals surface area contributed by atoms with Crippen molar-refractivity contribution in [1.82, 2.24) is 10.2 Å². The number of carboxylic acids is 1. The molecule has 0 aromatic rings. The second kappa shape index (κ2) is 5.42. The van der Waals surface area contributed by atoms with E-state index < -0.39 is 17.4 Å². The molecule has 2 amide bonds. The number of rotatable bonds is 3. The molecular formula is C13H22N2O3. The van der Waals surface area contributed by atoms with Crippen LogP contribution in [0.25, 0.3) is 0 Å². The summed E-state index contributed by atoms with van der Waals surface area (Å²) in [6.07, 6.45) is 1.64. The molecule has 1 atom stereocenters. The van der Waals surface area contributed by atoms with Gasteiger partial charge in [0, 0.05) is 13.1 Å². The summed E-state index contributed by atoms with van der Waals surface area (Å²) >= 11 is 0. The van der Waals surface area contributed by atoms with Gasteiger partial charge in [0.2, 0.25) is 0 Å². The van der Waals surface area contributed by atoms with Crippen molar-refractivity contribution >= 4 is 12.0 Å². The van der Waals surface area contributed by atoms with E-state index in [0.29, 0.717) is 13.1 Å². The minimum Gasteiger partial charge on any atom is -0.480 e. The molecule has 1 fully saturated rings. The van der Waals surface area contributed by atoms with Crippen molar-refractivity contribution in [3.63, 3.8) is 0 Å². The molecule has 0 radical (unpaired) electrons. The number of carbonyl (C=O) groups excluding carboxylic acids is 1. The lowest BCUT2D eigenvalue weighted by atomic mass is 9.76. The highest BCUT2D eigenvalue weighted by molar-refractivity contribution is 5.83. The first-order valence-corrected chi connectivity index (χ1v) is 6.17. The highest BCUT2D eigenvalue weighted by Gasteiger charge is 2.44. The minimum absolute atomic E-state index is 0.321. The number of amides is 2. The average molecular weight is 254 g/mol. The molecule has 1 unspecified atom stereocenters. The van der Waals surface area contributed by atoms with Crippen LogP contribution in [-0.4, -0.2) is 41.1 Å². The van der Waals surface area contributed by atoms with Gasteiger partial charge in [-0.3, -0.25) is 0 Å². The van der Waals surface area contributed by atoms with Crippen molar-refractivity contribution in [2.24, 2.45) is 5.41 Å². The molecule has 0 aromatic carbocycles. The van der Waals surface area contributed by atoms with Crippen molar-refractivity contribution in [3.8, 4) is 0 Å². The third-order valence-electron chi connectivity index (χ3n) is 3.31. The molecule has 1 aliphatic rings. The number of urea groups is 1. The lowest BCUT2D eigenvalue weighted by molar-refractivity contribution is -0.148. The van der Waals surface area contributed by atoms with Crippen LogP contribution in [0.15, 0.2) is 12.2 Å². The largest absolute Gasteiger partial charge is 0.480 e. The Kier molecular flexibility index (Phi) is 4.38. The third-order valence-corrected chi connectivity index (χ3v) is 3.31. The second-order valence-corrected chi connectivity index (χ2v) is 5.64. The van der Waals surface area contributed by atoms with Crippen molar-refractivity contribution in [2.75, 3.05) is 13.1 Å². The average Bonchev–Trinajstić information content (AvgIpc) is 2.23. The van der Waals surface area contributed by atoms with Crippen LogP contribution in [0.2, 0.25) is 0 Å². The number of nitrogens with one attached hydrogen (secondary N) is 1.